The molecule has 1 heterocycles. The van der Waals surface area contributed by atoms with E-state index in [9.17, 15) is 9.59 Å². The summed E-state index contributed by atoms with van der Waals surface area (Å²) >= 11 is 12.8. The summed E-state index contributed by atoms with van der Waals surface area (Å²) in [5, 5.41) is 4.30. The fourth-order valence-corrected chi connectivity index (χ4v) is 5.26. The summed E-state index contributed by atoms with van der Waals surface area (Å²) in [6, 6.07) is 11.3. The first kappa shape index (κ1) is 23.3. The van der Waals surface area contributed by atoms with E-state index in [4.69, 9.17) is 33.3 Å². The SMILES string of the molecule is COC(=O)c1sc2cc(NC(=S)NNC(=O)C(C)Oc3ccc4c(c3)CCC4)ccc2c1Cl. The van der Waals surface area contributed by atoms with Crippen LogP contribution >= 0.6 is 35.2 Å². The van der Waals surface area contributed by atoms with Crippen molar-refractivity contribution in [1.82, 2.24) is 10.9 Å². The van der Waals surface area contributed by atoms with E-state index in [-0.39, 0.29) is 11.0 Å². The Kier molecular flexibility index (Phi) is 7.02. The van der Waals surface area contributed by atoms with Crippen molar-refractivity contribution in [1.29, 1.82) is 0 Å². The highest BCUT2D eigenvalue weighted by atomic mass is 35.5. The lowest BCUT2D eigenvalue weighted by atomic mass is 10.1. The van der Waals surface area contributed by atoms with E-state index in [0.29, 0.717) is 21.3 Å². The fourth-order valence-electron chi connectivity index (χ4n) is 3.63. The van der Waals surface area contributed by atoms with Crippen LogP contribution in [0.25, 0.3) is 10.1 Å². The first-order valence-corrected chi connectivity index (χ1v) is 11.9. The summed E-state index contributed by atoms with van der Waals surface area (Å²) in [6.07, 6.45) is 2.59. The molecule has 0 fully saturated rings. The van der Waals surface area contributed by atoms with Crippen molar-refractivity contribution in [3.63, 3.8) is 0 Å². The van der Waals surface area contributed by atoms with Gasteiger partial charge in [0.2, 0.25) is 0 Å². The van der Waals surface area contributed by atoms with Crippen LogP contribution in [0, 0.1) is 0 Å². The summed E-state index contributed by atoms with van der Waals surface area (Å²) in [5.41, 5.74) is 8.53. The Labute approximate surface area is 205 Å². The zero-order chi connectivity index (χ0) is 23.5. The lowest BCUT2D eigenvalue weighted by Crippen LogP contribution is -2.48. The molecule has 0 bridgehead atoms. The largest absolute Gasteiger partial charge is 0.481 e. The molecular weight excluding hydrogens is 482 g/mol. The first-order valence-electron chi connectivity index (χ1n) is 10.3. The van der Waals surface area contributed by atoms with Crippen molar-refractivity contribution in [3.05, 3.63) is 57.4 Å². The van der Waals surface area contributed by atoms with Crippen molar-refractivity contribution < 1.29 is 19.1 Å². The maximum absolute atomic E-state index is 12.4. The highest BCUT2D eigenvalue weighted by molar-refractivity contribution is 7.80. The molecule has 0 spiro atoms. The molecule has 0 radical (unpaired) electrons. The Morgan fingerprint density at radius 3 is 2.70 bits per heavy atom. The molecule has 4 rings (SSSR count). The molecule has 0 saturated heterocycles. The number of thiocarbonyl (C=S) groups is 1. The number of halogens is 1. The molecule has 33 heavy (non-hydrogen) atoms. The van der Waals surface area contributed by atoms with E-state index in [1.807, 2.05) is 18.2 Å². The molecule has 1 aliphatic carbocycles. The fraction of sp³-hybridized carbons (Fsp3) is 0.261. The molecule has 0 aliphatic heterocycles. The summed E-state index contributed by atoms with van der Waals surface area (Å²) in [7, 11) is 1.31. The number of methoxy groups -OCH3 is 1. The Bertz CT molecular complexity index is 1240. The number of thiophene rings is 1. The number of carbonyl (C=O) groups excluding carboxylic acids is 2. The van der Waals surface area contributed by atoms with Crippen LogP contribution in [0.4, 0.5) is 5.69 Å². The van der Waals surface area contributed by atoms with Gasteiger partial charge in [-0.3, -0.25) is 15.6 Å². The Balaban J connectivity index is 1.31. The number of rotatable bonds is 5. The second kappa shape index (κ2) is 9.94. The molecule has 7 nitrogen and oxygen atoms in total. The minimum absolute atomic E-state index is 0.197. The molecule has 10 heteroatoms. The van der Waals surface area contributed by atoms with Crippen LogP contribution in [0.3, 0.4) is 0 Å². The molecule has 1 unspecified atom stereocenters. The highest BCUT2D eigenvalue weighted by Gasteiger charge is 2.19. The van der Waals surface area contributed by atoms with Crippen LogP contribution in [0.5, 0.6) is 5.75 Å². The maximum Gasteiger partial charge on any atom is 0.349 e. The van der Waals surface area contributed by atoms with Gasteiger partial charge in [-0.15, -0.1) is 11.3 Å². The number of hydrogen-bond acceptors (Lipinski definition) is 6. The minimum atomic E-state index is -0.707. The zero-order valence-corrected chi connectivity index (χ0v) is 20.4. The molecule has 3 aromatic rings. The lowest BCUT2D eigenvalue weighted by molar-refractivity contribution is -0.127. The number of hydrazine groups is 1. The van der Waals surface area contributed by atoms with Crippen LogP contribution in [0.2, 0.25) is 5.02 Å². The number of fused-ring (bicyclic) bond motifs is 2. The first-order chi connectivity index (χ1) is 15.9. The van der Waals surface area contributed by atoms with Gasteiger partial charge in [-0.25, -0.2) is 4.79 Å². The van der Waals surface area contributed by atoms with Crippen molar-refractivity contribution >= 4 is 67.9 Å². The van der Waals surface area contributed by atoms with Gasteiger partial charge < -0.3 is 14.8 Å². The number of hydrogen-bond donors (Lipinski definition) is 3. The number of benzene rings is 2. The summed E-state index contributed by atoms with van der Waals surface area (Å²) in [4.78, 5) is 24.6. The molecule has 2 aromatic carbocycles. The number of carbonyl (C=O) groups is 2. The van der Waals surface area contributed by atoms with Crippen LogP contribution in [-0.2, 0) is 22.4 Å². The standard InChI is InChI=1S/C23H22ClN3O4S2/c1-12(31-16-8-6-13-4-3-5-14(13)10-16)21(28)26-27-23(32)25-15-7-9-17-18(11-15)33-20(19(17)24)22(29)30-2/h6-12H,3-5H2,1-2H3,(H,26,28)(H2,25,27,32). The molecule has 1 atom stereocenters. The molecule has 1 aliphatic rings. The van der Waals surface area contributed by atoms with E-state index < -0.39 is 12.1 Å². The molecule has 172 valence electrons. The third kappa shape index (κ3) is 5.21. The summed E-state index contributed by atoms with van der Waals surface area (Å²) in [6.45, 7) is 1.67. The van der Waals surface area contributed by atoms with E-state index >= 15 is 0 Å². The van der Waals surface area contributed by atoms with Crippen molar-refractivity contribution in [2.45, 2.75) is 32.3 Å². The van der Waals surface area contributed by atoms with Gasteiger partial charge in [0.1, 0.15) is 10.6 Å². The van der Waals surface area contributed by atoms with Crippen LogP contribution in [0.1, 0.15) is 34.1 Å². The molecular formula is C23H22ClN3O4S2. The van der Waals surface area contributed by atoms with Crippen LogP contribution in [-0.4, -0.2) is 30.2 Å². The lowest BCUT2D eigenvalue weighted by Gasteiger charge is -2.17. The average molecular weight is 504 g/mol. The molecule has 0 saturated carbocycles. The highest BCUT2D eigenvalue weighted by Crippen LogP contribution is 2.37. The van der Waals surface area contributed by atoms with Crippen LogP contribution in [0.15, 0.2) is 36.4 Å². The number of aryl methyl sites for hydroxylation is 2. The van der Waals surface area contributed by atoms with Gasteiger partial charge in [-0.05, 0) is 79.9 Å². The predicted molar refractivity (Wildman–Crippen MR) is 134 cm³/mol. The predicted octanol–water partition coefficient (Wildman–Crippen LogP) is 4.62. The number of ether oxygens (including phenoxy) is 2. The second-order valence-corrected chi connectivity index (χ2v) is 9.40. The van der Waals surface area contributed by atoms with Crippen molar-refractivity contribution in [2.75, 3.05) is 12.4 Å². The third-order valence-corrected chi connectivity index (χ3v) is 7.15. The van der Waals surface area contributed by atoms with E-state index in [2.05, 4.69) is 22.2 Å². The number of anilines is 1. The van der Waals surface area contributed by atoms with Gasteiger partial charge in [-0.1, -0.05) is 17.7 Å². The van der Waals surface area contributed by atoms with Gasteiger partial charge in [0.05, 0.1) is 12.1 Å². The van der Waals surface area contributed by atoms with Crippen molar-refractivity contribution in [3.8, 4) is 5.75 Å². The molecule has 1 amide bonds. The Hall–Kier alpha value is -2.88. The smallest absolute Gasteiger partial charge is 0.349 e. The van der Waals surface area contributed by atoms with Gasteiger partial charge in [0.25, 0.3) is 5.91 Å². The average Bonchev–Trinajstić information content (AvgIpc) is 3.40. The number of amides is 1. The van der Waals surface area contributed by atoms with E-state index in [1.165, 1.54) is 29.6 Å². The molecule has 3 N–H and O–H groups in total. The minimum Gasteiger partial charge on any atom is -0.481 e. The number of nitrogens with one attached hydrogen (secondary N) is 3. The van der Waals surface area contributed by atoms with Gasteiger partial charge >= 0.3 is 5.97 Å². The normalized spacial score (nSPS) is 13.2. The van der Waals surface area contributed by atoms with Gasteiger partial charge in [0, 0.05) is 15.8 Å². The Morgan fingerprint density at radius 1 is 1.12 bits per heavy atom. The second-order valence-electron chi connectivity index (χ2n) is 7.56. The van der Waals surface area contributed by atoms with E-state index in [1.54, 1.807) is 19.1 Å². The van der Waals surface area contributed by atoms with Gasteiger partial charge in [0.15, 0.2) is 11.2 Å². The topological polar surface area (TPSA) is 88.7 Å². The maximum atomic E-state index is 12.4. The van der Waals surface area contributed by atoms with Crippen molar-refractivity contribution in [2.24, 2.45) is 0 Å². The number of esters is 1. The third-order valence-electron chi connectivity index (χ3n) is 5.31. The van der Waals surface area contributed by atoms with Gasteiger partial charge in [-0.2, -0.15) is 0 Å². The monoisotopic (exact) mass is 503 g/mol. The molecule has 1 aromatic heterocycles. The van der Waals surface area contributed by atoms with Crippen LogP contribution < -0.4 is 20.9 Å². The quantitative estimate of drug-likeness (QED) is 0.266. The summed E-state index contributed by atoms with van der Waals surface area (Å²) < 4.78 is 11.3. The Morgan fingerprint density at radius 2 is 1.91 bits per heavy atom. The van der Waals surface area contributed by atoms with E-state index in [0.717, 1.165) is 29.3 Å². The summed E-state index contributed by atoms with van der Waals surface area (Å²) in [5.74, 6) is -0.164. The zero-order valence-electron chi connectivity index (χ0n) is 18.0.